The van der Waals surface area contributed by atoms with Crippen molar-refractivity contribution < 1.29 is 0 Å². The number of aromatic nitrogens is 5. The zero-order chi connectivity index (χ0) is 28.2. The summed E-state index contributed by atoms with van der Waals surface area (Å²) >= 11 is 0. The molecule has 8 rings (SSSR count). The molecule has 0 bridgehead atoms. The number of hydrogen-bond donors (Lipinski definition) is 0. The highest BCUT2D eigenvalue weighted by molar-refractivity contribution is 6.10. The molecule has 7 nitrogen and oxygen atoms in total. The van der Waals surface area contributed by atoms with Crippen LogP contribution in [0.4, 0.5) is 0 Å². The minimum Gasteiger partial charge on any atom is -0.246 e. The third-order valence-electron chi connectivity index (χ3n) is 7.73. The summed E-state index contributed by atoms with van der Waals surface area (Å²) in [5.41, 5.74) is 5.92. The largest absolute Gasteiger partial charge is 0.246 e. The number of nitriles is 2. The lowest BCUT2D eigenvalue weighted by Gasteiger charge is -2.09. The van der Waals surface area contributed by atoms with Crippen LogP contribution in [0, 0.1) is 22.9 Å². The van der Waals surface area contributed by atoms with Gasteiger partial charge >= 0.3 is 0 Å². The highest BCUT2D eigenvalue weighted by atomic mass is 15.0. The zero-order valence-electron chi connectivity index (χ0n) is 22.1. The highest BCUT2D eigenvalue weighted by Crippen LogP contribution is 2.34. The van der Waals surface area contributed by atoms with Crippen molar-refractivity contribution in [2.75, 3.05) is 0 Å². The van der Waals surface area contributed by atoms with Gasteiger partial charge in [0.1, 0.15) is 0 Å². The Morgan fingerprint density at radius 3 is 1.29 bits per heavy atom. The monoisotopic (exact) mass is 537 g/mol. The maximum absolute atomic E-state index is 9.85. The smallest absolute Gasteiger partial charge is 0.189 e. The second kappa shape index (κ2) is 9.12. The van der Waals surface area contributed by atoms with Crippen molar-refractivity contribution in [3.8, 4) is 46.5 Å². The van der Waals surface area contributed by atoms with Crippen LogP contribution < -0.4 is 0 Å². The summed E-state index contributed by atoms with van der Waals surface area (Å²) in [7, 11) is 0. The third-order valence-corrected chi connectivity index (χ3v) is 7.73. The first-order valence-electron chi connectivity index (χ1n) is 13.4. The molecule has 0 saturated carbocycles. The van der Waals surface area contributed by atoms with Gasteiger partial charge in [-0.1, -0.05) is 66.7 Å². The molecule has 0 radical (unpaired) electrons. The fourth-order valence-electron chi connectivity index (χ4n) is 5.79. The summed E-state index contributed by atoms with van der Waals surface area (Å²) in [5, 5.41) is 23.6. The molecule has 42 heavy (non-hydrogen) atoms. The number of hydrogen-bond acceptors (Lipinski definition) is 5. The Labute approximate surface area is 239 Å². The van der Waals surface area contributed by atoms with E-state index in [0.29, 0.717) is 17.5 Å². The Balaban J connectivity index is 1.37. The van der Waals surface area contributed by atoms with E-state index in [9.17, 15) is 10.5 Å². The van der Waals surface area contributed by atoms with E-state index in [1.807, 2.05) is 115 Å². The predicted octanol–water partition coefficient (Wildman–Crippen LogP) is 7.75. The quantitative estimate of drug-likeness (QED) is 0.230. The van der Waals surface area contributed by atoms with Gasteiger partial charge < -0.3 is 0 Å². The van der Waals surface area contributed by atoms with Gasteiger partial charge in [-0.25, -0.2) is 24.1 Å². The molecule has 0 amide bonds. The van der Waals surface area contributed by atoms with Crippen LogP contribution in [0.2, 0.25) is 0 Å². The van der Waals surface area contributed by atoms with Crippen molar-refractivity contribution in [2.45, 2.75) is 0 Å². The van der Waals surface area contributed by atoms with Crippen molar-refractivity contribution in [1.29, 1.82) is 10.5 Å². The Bertz CT molecular complexity index is 2290. The lowest BCUT2D eigenvalue weighted by atomic mass is 10.1. The van der Waals surface area contributed by atoms with Crippen molar-refractivity contribution in [3.63, 3.8) is 0 Å². The van der Waals surface area contributed by atoms with Crippen molar-refractivity contribution >= 4 is 43.6 Å². The van der Waals surface area contributed by atoms with Crippen LogP contribution in [-0.4, -0.2) is 24.1 Å². The second-order valence-electron chi connectivity index (χ2n) is 10.0. The van der Waals surface area contributed by atoms with Gasteiger partial charge in [0.25, 0.3) is 0 Å². The number of fused-ring (bicyclic) bond motifs is 6. The maximum Gasteiger partial charge on any atom is 0.189 e. The Morgan fingerprint density at radius 2 is 0.810 bits per heavy atom. The van der Waals surface area contributed by atoms with Gasteiger partial charge in [-0.3, -0.25) is 0 Å². The van der Waals surface area contributed by atoms with E-state index in [2.05, 4.69) is 12.4 Å². The fraction of sp³-hybridized carbons (Fsp3) is 0. The lowest BCUT2D eigenvalue weighted by molar-refractivity contribution is 1.07. The summed E-state index contributed by atoms with van der Waals surface area (Å²) in [6.07, 6.45) is 4.60. The van der Waals surface area contributed by atoms with Gasteiger partial charge in [-0.15, -0.1) is 0 Å². The van der Waals surface area contributed by atoms with Gasteiger partial charge in [0.05, 0.1) is 22.1 Å². The van der Waals surface area contributed by atoms with Crippen LogP contribution in [0.3, 0.4) is 0 Å². The topological polar surface area (TPSA) is 96.1 Å². The Kier molecular flexibility index (Phi) is 5.12. The molecule has 0 N–H and O–H groups in total. The molecule has 7 heteroatoms. The number of rotatable bonds is 3. The van der Waals surface area contributed by atoms with Gasteiger partial charge in [0.15, 0.2) is 29.9 Å². The van der Waals surface area contributed by atoms with Gasteiger partial charge in [0, 0.05) is 38.2 Å². The van der Waals surface area contributed by atoms with Crippen LogP contribution in [0.1, 0.15) is 0 Å². The van der Waals surface area contributed by atoms with Gasteiger partial charge in [0.2, 0.25) is 0 Å². The van der Waals surface area contributed by atoms with E-state index in [-0.39, 0.29) is 0 Å². The lowest BCUT2D eigenvalue weighted by Crippen LogP contribution is -2.00. The van der Waals surface area contributed by atoms with Gasteiger partial charge in [-0.2, -0.15) is 10.5 Å². The van der Waals surface area contributed by atoms with Crippen LogP contribution in [0.15, 0.2) is 115 Å². The molecular formula is C35H19N7. The summed E-state index contributed by atoms with van der Waals surface area (Å²) in [6.45, 7) is 0. The average molecular weight is 538 g/mol. The minimum absolute atomic E-state index is 0.536. The molecule has 0 unspecified atom stereocenters. The van der Waals surface area contributed by atoms with E-state index in [1.165, 1.54) is 0 Å². The first-order valence-corrected chi connectivity index (χ1v) is 13.4. The van der Waals surface area contributed by atoms with E-state index in [4.69, 9.17) is 15.0 Å². The molecule has 0 aliphatic rings. The number of nitrogens with zero attached hydrogens (tertiary/aromatic N) is 7. The molecule has 0 spiro atoms. The van der Waals surface area contributed by atoms with Crippen LogP contribution in [0.25, 0.3) is 77.8 Å². The molecule has 0 atom stereocenters. The first-order chi connectivity index (χ1) is 20.7. The third kappa shape index (κ3) is 3.48. The fourth-order valence-corrected chi connectivity index (χ4v) is 5.79. The predicted molar refractivity (Wildman–Crippen MR) is 164 cm³/mol. The van der Waals surface area contributed by atoms with E-state index in [0.717, 1.165) is 60.3 Å². The Morgan fingerprint density at radius 1 is 0.405 bits per heavy atom. The molecule has 0 saturated heterocycles. The summed E-state index contributed by atoms with van der Waals surface area (Å²) < 4.78 is 3.30. The molecule has 3 heterocycles. The van der Waals surface area contributed by atoms with Crippen LogP contribution in [-0.2, 0) is 0 Å². The maximum atomic E-state index is 9.85. The van der Waals surface area contributed by atoms with Crippen LogP contribution >= 0.6 is 0 Å². The van der Waals surface area contributed by atoms with Crippen molar-refractivity contribution in [3.05, 3.63) is 115 Å². The van der Waals surface area contributed by atoms with E-state index >= 15 is 0 Å². The van der Waals surface area contributed by atoms with E-state index < -0.39 is 0 Å². The summed E-state index contributed by atoms with van der Waals surface area (Å²) in [6, 6.07) is 37.5. The standard InChI is InChI=1S/C35H19N7/c36-20-41-29-12-6-4-10-25(29)27-18-23(14-16-31(27)41)34-38-33(22-8-2-1-3-9-22)39-35(40-34)24-15-17-32-28(19-24)26-11-5-7-13-30(26)42(32)21-37/h1-19H. The molecule has 194 valence electrons. The van der Waals surface area contributed by atoms with Crippen molar-refractivity contribution in [2.24, 2.45) is 0 Å². The van der Waals surface area contributed by atoms with Crippen molar-refractivity contribution in [1.82, 2.24) is 24.1 Å². The van der Waals surface area contributed by atoms with Crippen LogP contribution in [0.5, 0.6) is 0 Å². The Hall–Kier alpha value is -6.31. The normalized spacial score (nSPS) is 11.3. The minimum atomic E-state index is 0.536. The van der Waals surface area contributed by atoms with Gasteiger partial charge in [-0.05, 0) is 48.5 Å². The number of para-hydroxylation sites is 2. The second-order valence-corrected chi connectivity index (χ2v) is 10.0. The molecule has 5 aromatic carbocycles. The molecular weight excluding hydrogens is 518 g/mol. The zero-order valence-corrected chi connectivity index (χ0v) is 22.1. The molecule has 0 fully saturated rings. The SMILES string of the molecule is N#Cn1c2ccccc2c2cc(-c3nc(-c4ccccc4)nc(-c4ccc5c(c4)c4ccccc4n5C#N)n3)ccc21. The highest BCUT2D eigenvalue weighted by Gasteiger charge is 2.17. The first kappa shape index (κ1) is 23.6. The molecule has 0 aliphatic carbocycles. The number of benzene rings is 5. The molecule has 8 aromatic rings. The molecule has 3 aromatic heterocycles. The average Bonchev–Trinajstić information content (AvgIpc) is 3.56. The van der Waals surface area contributed by atoms with E-state index in [1.54, 1.807) is 9.13 Å². The summed E-state index contributed by atoms with van der Waals surface area (Å²) in [5.74, 6) is 1.64. The summed E-state index contributed by atoms with van der Waals surface area (Å²) in [4.78, 5) is 14.8. The molecule has 0 aliphatic heterocycles.